The first kappa shape index (κ1) is 16.4. The van der Waals surface area contributed by atoms with E-state index in [-0.39, 0.29) is 5.91 Å². The number of para-hydroxylation sites is 2. The van der Waals surface area contributed by atoms with Gasteiger partial charge in [-0.1, -0.05) is 24.3 Å². The summed E-state index contributed by atoms with van der Waals surface area (Å²) in [5.41, 5.74) is 4.00. The third-order valence-electron chi connectivity index (χ3n) is 4.64. The number of aromatic nitrogens is 1. The summed E-state index contributed by atoms with van der Waals surface area (Å²) in [7, 11) is 0. The van der Waals surface area contributed by atoms with Crippen molar-refractivity contribution < 1.29 is 9.21 Å². The summed E-state index contributed by atoms with van der Waals surface area (Å²) in [5.74, 6) is 0.453. The maximum absolute atomic E-state index is 12.4. The van der Waals surface area contributed by atoms with Gasteiger partial charge in [0.25, 0.3) is 0 Å². The van der Waals surface area contributed by atoms with Gasteiger partial charge in [0.1, 0.15) is 5.52 Å². The second-order valence-corrected chi connectivity index (χ2v) is 6.50. The molecule has 5 nitrogen and oxygen atoms in total. The van der Waals surface area contributed by atoms with Crippen LogP contribution < -0.4 is 4.90 Å². The Morgan fingerprint density at radius 1 is 1.08 bits per heavy atom. The SMILES string of the molecule is Cc1cccc(N2CCN(C(=O)/C=C/c3nc4ccccc4o3)CC2)c1. The van der Waals surface area contributed by atoms with Crippen molar-refractivity contribution in [3.63, 3.8) is 0 Å². The van der Waals surface area contributed by atoms with Crippen LogP contribution in [-0.2, 0) is 4.79 Å². The second-order valence-electron chi connectivity index (χ2n) is 6.50. The third kappa shape index (κ3) is 3.47. The molecule has 1 saturated heterocycles. The predicted molar refractivity (Wildman–Crippen MR) is 103 cm³/mol. The molecule has 1 aliphatic heterocycles. The standard InChI is InChI=1S/C21H21N3O2/c1-16-5-4-6-17(15-16)23-11-13-24(14-12-23)21(25)10-9-20-22-18-7-2-3-8-19(18)26-20/h2-10,15H,11-14H2,1H3/b10-9+. The molecule has 1 aliphatic rings. The second kappa shape index (κ2) is 7.04. The van der Waals surface area contributed by atoms with Gasteiger partial charge in [0.05, 0.1) is 0 Å². The Hall–Kier alpha value is -3.08. The van der Waals surface area contributed by atoms with Gasteiger partial charge in [-0.3, -0.25) is 4.79 Å². The van der Waals surface area contributed by atoms with E-state index in [1.165, 1.54) is 11.3 Å². The van der Waals surface area contributed by atoms with Crippen LogP contribution in [0.3, 0.4) is 0 Å². The highest BCUT2D eigenvalue weighted by atomic mass is 16.3. The zero-order chi connectivity index (χ0) is 17.9. The highest BCUT2D eigenvalue weighted by Crippen LogP contribution is 2.18. The van der Waals surface area contributed by atoms with Crippen LogP contribution in [0.25, 0.3) is 17.2 Å². The van der Waals surface area contributed by atoms with Crippen LogP contribution in [0.5, 0.6) is 0 Å². The summed E-state index contributed by atoms with van der Waals surface area (Å²) in [6.07, 6.45) is 3.20. The highest BCUT2D eigenvalue weighted by Gasteiger charge is 2.20. The Morgan fingerprint density at radius 3 is 2.65 bits per heavy atom. The first-order valence-corrected chi connectivity index (χ1v) is 8.83. The van der Waals surface area contributed by atoms with Gasteiger partial charge in [-0.25, -0.2) is 4.98 Å². The molecule has 0 N–H and O–H groups in total. The molecule has 0 unspecified atom stereocenters. The molecule has 1 amide bonds. The molecule has 1 fully saturated rings. The van der Waals surface area contributed by atoms with Gasteiger partial charge in [0.15, 0.2) is 5.58 Å². The van der Waals surface area contributed by atoms with Gasteiger partial charge in [0, 0.05) is 44.0 Å². The lowest BCUT2D eigenvalue weighted by Gasteiger charge is -2.35. The van der Waals surface area contributed by atoms with Crippen molar-refractivity contribution >= 4 is 28.8 Å². The van der Waals surface area contributed by atoms with Crippen LogP contribution >= 0.6 is 0 Å². The number of hydrogen-bond acceptors (Lipinski definition) is 4. The van der Waals surface area contributed by atoms with Gasteiger partial charge in [-0.2, -0.15) is 0 Å². The molecular weight excluding hydrogens is 326 g/mol. The maximum atomic E-state index is 12.4. The molecule has 5 heteroatoms. The number of piperazine rings is 1. The lowest BCUT2D eigenvalue weighted by molar-refractivity contribution is -0.126. The smallest absolute Gasteiger partial charge is 0.246 e. The number of anilines is 1. The number of benzene rings is 2. The number of oxazole rings is 1. The quantitative estimate of drug-likeness (QED) is 0.681. The van der Waals surface area contributed by atoms with E-state index in [9.17, 15) is 4.79 Å². The molecule has 2 aromatic carbocycles. The zero-order valence-electron chi connectivity index (χ0n) is 14.8. The number of carbonyl (C=O) groups is 1. The molecule has 0 aliphatic carbocycles. The van der Waals surface area contributed by atoms with Crippen molar-refractivity contribution in [1.82, 2.24) is 9.88 Å². The number of aryl methyl sites for hydroxylation is 1. The normalized spacial score (nSPS) is 15.1. The summed E-state index contributed by atoms with van der Waals surface area (Å²) >= 11 is 0. The third-order valence-corrected chi connectivity index (χ3v) is 4.64. The minimum absolute atomic E-state index is 0.00357. The van der Waals surface area contributed by atoms with Crippen LogP contribution in [0.2, 0.25) is 0 Å². The average Bonchev–Trinajstić information content (AvgIpc) is 3.09. The number of fused-ring (bicyclic) bond motifs is 1. The molecule has 0 saturated carbocycles. The number of nitrogens with zero attached hydrogens (tertiary/aromatic N) is 3. The fraction of sp³-hybridized carbons (Fsp3) is 0.238. The van der Waals surface area contributed by atoms with Gasteiger partial charge in [0.2, 0.25) is 11.8 Å². The van der Waals surface area contributed by atoms with E-state index < -0.39 is 0 Å². The molecule has 0 spiro atoms. The van der Waals surface area contributed by atoms with Crippen molar-refractivity contribution in [2.75, 3.05) is 31.1 Å². The van der Waals surface area contributed by atoms with Crippen molar-refractivity contribution in [1.29, 1.82) is 0 Å². The van der Waals surface area contributed by atoms with E-state index in [1.807, 2.05) is 29.2 Å². The molecule has 0 bridgehead atoms. The highest BCUT2D eigenvalue weighted by molar-refractivity contribution is 5.91. The summed E-state index contributed by atoms with van der Waals surface area (Å²) in [4.78, 5) is 21.0. The fourth-order valence-corrected chi connectivity index (χ4v) is 3.22. The topological polar surface area (TPSA) is 49.6 Å². The minimum Gasteiger partial charge on any atom is -0.437 e. The summed E-state index contributed by atoms with van der Waals surface area (Å²) < 4.78 is 5.61. The van der Waals surface area contributed by atoms with E-state index in [0.717, 1.165) is 24.2 Å². The van der Waals surface area contributed by atoms with E-state index in [2.05, 4.69) is 41.1 Å². The summed E-state index contributed by atoms with van der Waals surface area (Å²) in [6.45, 7) is 5.20. The Bertz CT molecular complexity index is 920. The summed E-state index contributed by atoms with van der Waals surface area (Å²) in [5, 5.41) is 0. The van der Waals surface area contributed by atoms with Crippen LogP contribution in [0.1, 0.15) is 11.5 Å². The fourth-order valence-electron chi connectivity index (χ4n) is 3.22. The molecular formula is C21H21N3O2. The predicted octanol–water partition coefficient (Wildman–Crippen LogP) is 3.50. The molecule has 3 aromatic rings. The first-order chi connectivity index (χ1) is 12.7. The molecule has 0 radical (unpaired) electrons. The molecule has 132 valence electrons. The van der Waals surface area contributed by atoms with Crippen molar-refractivity contribution in [3.8, 4) is 0 Å². The lowest BCUT2D eigenvalue weighted by Crippen LogP contribution is -2.48. The number of rotatable bonds is 3. The van der Waals surface area contributed by atoms with Gasteiger partial charge in [-0.05, 0) is 36.8 Å². The lowest BCUT2D eigenvalue weighted by atomic mass is 10.2. The van der Waals surface area contributed by atoms with Crippen molar-refractivity contribution in [3.05, 3.63) is 66.1 Å². The number of carbonyl (C=O) groups excluding carboxylic acids is 1. The van der Waals surface area contributed by atoms with Crippen molar-refractivity contribution in [2.45, 2.75) is 6.92 Å². The molecule has 1 aromatic heterocycles. The Labute approximate surface area is 152 Å². The maximum Gasteiger partial charge on any atom is 0.246 e. The van der Waals surface area contributed by atoms with E-state index in [0.29, 0.717) is 19.0 Å². The largest absolute Gasteiger partial charge is 0.437 e. The monoisotopic (exact) mass is 347 g/mol. The number of amides is 1. The molecule has 26 heavy (non-hydrogen) atoms. The molecule has 2 heterocycles. The van der Waals surface area contributed by atoms with Gasteiger partial charge >= 0.3 is 0 Å². The van der Waals surface area contributed by atoms with Gasteiger partial charge < -0.3 is 14.2 Å². The minimum atomic E-state index is -0.00357. The van der Waals surface area contributed by atoms with Crippen LogP contribution in [0.4, 0.5) is 5.69 Å². The van der Waals surface area contributed by atoms with Crippen LogP contribution in [-0.4, -0.2) is 42.0 Å². The average molecular weight is 347 g/mol. The Morgan fingerprint density at radius 2 is 1.88 bits per heavy atom. The Kier molecular flexibility index (Phi) is 4.44. The van der Waals surface area contributed by atoms with E-state index in [1.54, 1.807) is 12.2 Å². The van der Waals surface area contributed by atoms with Crippen LogP contribution in [0.15, 0.2) is 59.0 Å². The molecule has 4 rings (SSSR count). The van der Waals surface area contributed by atoms with Crippen LogP contribution in [0, 0.1) is 6.92 Å². The first-order valence-electron chi connectivity index (χ1n) is 8.83. The summed E-state index contributed by atoms with van der Waals surface area (Å²) in [6, 6.07) is 16.1. The van der Waals surface area contributed by atoms with Crippen molar-refractivity contribution in [2.24, 2.45) is 0 Å². The Balaban J connectivity index is 1.37. The molecule has 0 atom stereocenters. The van der Waals surface area contributed by atoms with E-state index >= 15 is 0 Å². The van der Waals surface area contributed by atoms with E-state index in [4.69, 9.17) is 4.42 Å². The number of hydrogen-bond donors (Lipinski definition) is 0. The van der Waals surface area contributed by atoms with Gasteiger partial charge in [-0.15, -0.1) is 0 Å². The zero-order valence-corrected chi connectivity index (χ0v) is 14.8.